The summed E-state index contributed by atoms with van der Waals surface area (Å²) in [6.07, 6.45) is -2.13. The molecular formula is C68H90N16O28. The lowest BCUT2D eigenvalue weighted by Crippen LogP contribution is -2.60. The topological polar surface area (TPSA) is 539 Å². The van der Waals surface area contributed by atoms with E-state index < -0.39 is 182 Å². The molecule has 6 aromatic heterocycles. The van der Waals surface area contributed by atoms with Crippen LogP contribution in [0, 0.1) is 0 Å². The number of H-pyrrole nitrogens is 2. The van der Waals surface area contributed by atoms with Crippen LogP contribution in [0.3, 0.4) is 0 Å². The third kappa shape index (κ3) is 22.6. The van der Waals surface area contributed by atoms with Gasteiger partial charge >= 0.3 is 59.1 Å². The van der Waals surface area contributed by atoms with Gasteiger partial charge < -0.3 is 76.5 Å². The molecule has 4 fully saturated rings. The number of rotatable bonds is 37. The molecule has 16 atom stereocenters. The van der Waals surface area contributed by atoms with E-state index in [2.05, 4.69) is 51.2 Å². The molecule has 112 heavy (non-hydrogen) atoms. The smallest absolute Gasteiger partial charge is 0.330 e. The summed E-state index contributed by atoms with van der Waals surface area (Å²) >= 11 is 0. The molecule has 10 rings (SSSR count). The first kappa shape index (κ1) is 83.8. The summed E-state index contributed by atoms with van der Waals surface area (Å²) in [5.41, 5.74) is -2.89. The molecule has 0 bridgehead atoms. The van der Waals surface area contributed by atoms with Crippen molar-refractivity contribution in [3.8, 4) is 22.5 Å². The van der Waals surface area contributed by atoms with Gasteiger partial charge in [0.15, 0.2) is 49.1 Å². The molecule has 0 spiro atoms. The van der Waals surface area contributed by atoms with Crippen molar-refractivity contribution < 1.29 is 115 Å². The van der Waals surface area contributed by atoms with E-state index in [1.165, 1.54) is 34.2 Å². The number of aromatic amines is 2. The first-order valence-corrected chi connectivity index (χ1v) is 36.3. The quantitative estimate of drug-likeness (QED) is 0.0225. The van der Waals surface area contributed by atoms with Crippen LogP contribution in [-0.4, -0.2) is 237 Å². The van der Waals surface area contributed by atoms with E-state index >= 15 is 0 Å². The van der Waals surface area contributed by atoms with Crippen LogP contribution in [0.5, 0.6) is 0 Å². The molecule has 0 aliphatic carbocycles. The minimum atomic E-state index is -1.53. The monoisotopic (exact) mass is 1580 g/mol. The zero-order valence-corrected chi connectivity index (χ0v) is 62.6. The van der Waals surface area contributed by atoms with Gasteiger partial charge in [0.05, 0.1) is 74.4 Å². The van der Waals surface area contributed by atoms with Gasteiger partial charge in [0.1, 0.15) is 72.9 Å². The zero-order chi connectivity index (χ0) is 80.4. The number of esters is 8. The highest BCUT2D eigenvalue weighted by atomic mass is 16.7. The highest BCUT2D eigenvalue weighted by Crippen LogP contribution is 2.38. The average molecular weight is 1580 g/mol. The lowest BCUT2D eigenvalue weighted by Gasteiger charge is -2.44. The third-order valence-corrected chi connectivity index (χ3v) is 18.2. The molecule has 4 N–H and O–H groups in total. The Balaban J connectivity index is 0.594. The van der Waals surface area contributed by atoms with Crippen LogP contribution < -0.4 is 22.5 Å². The predicted molar refractivity (Wildman–Crippen MR) is 370 cm³/mol. The zero-order valence-electron chi connectivity index (χ0n) is 62.6. The van der Waals surface area contributed by atoms with Crippen molar-refractivity contribution in [2.24, 2.45) is 0 Å². The second kappa shape index (κ2) is 39.0. The number of aliphatic hydroxyl groups excluding tert-OH is 2. The normalized spacial score (nSPS) is 24.9. The van der Waals surface area contributed by atoms with Gasteiger partial charge in [-0.1, -0.05) is 72.2 Å². The largest absolute Gasteiger partial charge is 0.463 e. The molecular weight excluding hydrogens is 1490 g/mol. The van der Waals surface area contributed by atoms with Crippen molar-refractivity contribution in [3.63, 3.8) is 0 Å². The molecule has 0 saturated carbocycles. The van der Waals surface area contributed by atoms with E-state index in [0.29, 0.717) is 24.6 Å². The maximum absolute atomic E-state index is 13.3. The summed E-state index contributed by atoms with van der Waals surface area (Å²) in [7, 11) is 0. The highest BCUT2D eigenvalue weighted by molar-refractivity contribution is 5.70. The number of nitrogens with zero attached hydrogens (tertiary/aromatic N) is 14. The fraction of sp³-hybridized carbons (Fsp3) is 0.647. The highest BCUT2D eigenvalue weighted by Gasteiger charge is 2.55. The molecule has 44 heteroatoms. The third-order valence-electron chi connectivity index (χ3n) is 18.2. The Hall–Kier alpha value is -10.6. The van der Waals surface area contributed by atoms with Crippen molar-refractivity contribution >= 4 is 47.8 Å². The SMILES string of the molecule is CC(=O)OC[C@H]1O[C@@H](n2cc(-c3cn([C@H]4C[C@H](O)[C@@H](Cn5cc(COCCCCCCCCCCCCOCc6cn(C[C@H]7O[C@@H](n8cc(-c9cn([C@@H]%10O[C@H](COC(C)=O)[C@@H](OC(C)=O)[C@H](OC(C)=O)[C@H]%10OC(C)=O)nn9)c(=O)[nH]c8=O)C[C@@H]7O)nn6)nn5)O4)c(=O)[nH]c3=O)nn2)[C@H](OC(C)=O)[C@@H](OC(C)=O)[C@@H]1OC(C)=O. The van der Waals surface area contributed by atoms with Crippen LogP contribution in [0.2, 0.25) is 0 Å². The number of hydrogen-bond acceptors (Lipinski definition) is 36. The summed E-state index contributed by atoms with van der Waals surface area (Å²) in [5, 5.41) is 55.3. The van der Waals surface area contributed by atoms with Crippen LogP contribution in [0.15, 0.2) is 56.4 Å². The van der Waals surface area contributed by atoms with Gasteiger partial charge in [-0.3, -0.25) is 67.0 Å². The van der Waals surface area contributed by atoms with Gasteiger partial charge in [0, 0.05) is 93.8 Å². The predicted octanol–water partition coefficient (Wildman–Crippen LogP) is -0.0706. The van der Waals surface area contributed by atoms with Gasteiger partial charge in [-0.25, -0.2) is 28.3 Å². The fourth-order valence-electron chi connectivity index (χ4n) is 13.3. The number of ether oxygens (including phenoxy) is 14. The van der Waals surface area contributed by atoms with Crippen molar-refractivity contribution in [2.75, 3.05) is 26.4 Å². The molecule has 6 aromatic rings. The lowest BCUT2D eigenvalue weighted by atomic mass is 9.97. The lowest BCUT2D eigenvalue weighted by molar-refractivity contribution is -0.270. The Morgan fingerprint density at radius 3 is 1.10 bits per heavy atom. The molecule has 4 saturated heterocycles. The van der Waals surface area contributed by atoms with Crippen LogP contribution in [0.4, 0.5) is 0 Å². The Bertz CT molecular complexity index is 4230. The molecule has 10 heterocycles. The van der Waals surface area contributed by atoms with E-state index in [9.17, 15) is 67.7 Å². The number of nitrogens with one attached hydrogen (secondary N) is 2. The summed E-state index contributed by atoms with van der Waals surface area (Å²) in [6, 6.07) is 0. The molecule has 44 nitrogen and oxygen atoms in total. The molecule has 4 aliphatic heterocycles. The van der Waals surface area contributed by atoms with Gasteiger partial charge in [-0.05, 0) is 12.8 Å². The number of unbranched alkanes of at least 4 members (excludes halogenated alkanes) is 9. The summed E-state index contributed by atoms with van der Waals surface area (Å²) in [4.78, 5) is 155. The Morgan fingerprint density at radius 2 is 0.750 bits per heavy atom. The van der Waals surface area contributed by atoms with Crippen molar-refractivity contribution in [2.45, 2.75) is 257 Å². The molecule has 0 unspecified atom stereocenters. The van der Waals surface area contributed by atoms with E-state index in [1.807, 2.05) is 0 Å². The maximum atomic E-state index is 13.3. The van der Waals surface area contributed by atoms with E-state index in [1.54, 1.807) is 12.4 Å². The molecule has 4 aliphatic rings. The fourth-order valence-corrected chi connectivity index (χ4v) is 13.3. The minimum absolute atomic E-state index is 0.0541. The molecule has 0 aromatic carbocycles. The second-order valence-electron chi connectivity index (χ2n) is 27.1. The molecule has 0 amide bonds. The van der Waals surface area contributed by atoms with Gasteiger partial charge in [-0.15, -0.1) is 20.4 Å². The number of carbonyl (C=O) groups is 8. The van der Waals surface area contributed by atoms with Crippen molar-refractivity contribution in [1.29, 1.82) is 0 Å². The average Bonchev–Trinajstić information content (AvgIpc) is 1.43. The Labute approximate surface area is 635 Å². The van der Waals surface area contributed by atoms with Crippen molar-refractivity contribution in [3.05, 3.63) is 90.2 Å². The van der Waals surface area contributed by atoms with Gasteiger partial charge in [0.2, 0.25) is 0 Å². The van der Waals surface area contributed by atoms with E-state index in [0.717, 1.165) is 138 Å². The van der Waals surface area contributed by atoms with Gasteiger partial charge in [0.25, 0.3) is 11.1 Å². The first-order valence-electron chi connectivity index (χ1n) is 36.3. The number of aliphatic hydroxyl groups is 2. The number of hydrogen-bond donors (Lipinski definition) is 4. The maximum Gasteiger partial charge on any atom is 0.330 e. The first-order chi connectivity index (χ1) is 53.5. The standard InChI is InChI=1S/C68H90N16O28/c1-35(85)101-33-53-57(103-37(3)87)59(105-39(5)89)61(107-41(7)91)65(111-53)83-27-47(73-77-83)45-25-81(67(97)69-63(45)95)55-21-49(93)51(109-55)29-79-23-43(71-75-79)31-99-19-17-15-13-11-9-10-12-14-16-18-20-100-32-44-24-80(76-72-44)30-52-50(94)22-56(110-52)82-26-46(64(96)70-68(82)98)48-28-84(78-74-48)66-62(108-42(8)92)60(106-40(6)90)58(104-38(4)88)54(112-66)34-102-36(2)86/h23-28,49-62,65-66,93-94H,9-22,29-34H2,1-8H3,(H,69,95,97)(H,70,96,98)/t49-,50-,51+,52+,53+,54+,55+,56+,57+,58+,59-,60-,61+,62+,65+,66+/m0/s1. The Morgan fingerprint density at radius 1 is 0.411 bits per heavy atom. The summed E-state index contributed by atoms with van der Waals surface area (Å²) in [5.74, 6) is -6.47. The Kier molecular flexibility index (Phi) is 29.2. The summed E-state index contributed by atoms with van der Waals surface area (Å²) in [6.45, 7) is 9.32. The van der Waals surface area contributed by atoms with E-state index in [-0.39, 0.29) is 61.7 Å². The number of aromatic nitrogens is 16. The van der Waals surface area contributed by atoms with Gasteiger partial charge in [-0.2, -0.15) is 0 Å². The van der Waals surface area contributed by atoms with Crippen molar-refractivity contribution in [1.82, 2.24) is 79.1 Å². The van der Waals surface area contributed by atoms with E-state index in [4.69, 9.17) is 66.3 Å². The molecule has 610 valence electrons. The second-order valence-corrected chi connectivity index (χ2v) is 27.1. The van der Waals surface area contributed by atoms with Crippen LogP contribution >= 0.6 is 0 Å². The van der Waals surface area contributed by atoms with Crippen LogP contribution in [-0.2, 0) is 131 Å². The minimum Gasteiger partial charge on any atom is -0.463 e. The van der Waals surface area contributed by atoms with Crippen LogP contribution in [0.1, 0.15) is 169 Å². The molecule has 0 radical (unpaired) electrons. The number of carbonyl (C=O) groups excluding carboxylic acids is 8. The van der Waals surface area contributed by atoms with Crippen LogP contribution in [0.25, 0.3) is 22.5 Å². The summed E-state index contributed by atoms with van der Waals surface area (Å²) < 4.78 is 86.9.